The number of likely N-dealkylation sites (tertiary alicyclic amines) is 1. The van der Waals surface area contributed by atoms with Crippen LogP contribution < -0.4 is 0 Å². The second-order valence-corrected chi connectivity index (χ2v) is 7.96. The third-order valence-corrected chi connectivity index (χ3v) is 6.04. The Balaban J connectivity index is 1.28. The number of hydrogen-bond donors (Lipinski definition) is 1. The summed E-state index contributed by atoms with van der Waals surface area (Å²) in [6, 6.07) is 0. The largest absolute Gasteiger partial charge is 0.343 e. The van der Waals surface area contributed by atoms with E-state index < -0.39 is 0 Å². The smallest absolute Gasteiger partial charge is 0.222 e. The average Bonchev–Trinajstić information content (AvgIpc) is 3.26. The molecule has 1 aliphatic heterocycles. The molecule has 1 saturated heterocycles. The van der Waals surface area contributed by atoms with Gasteiger partial charge in [-0.3, -0.25) is 9.89 Å². The number of H-pyrrole nitrogens is 1. The first-order valence-corrected chi connectivity index (χ1v) is 9.91. The van der Waals surface area contributed by atoms with Crippen molar-refractivity contribution in [2.24, 2.45) is 5.92 Å². The Bertz CT molecular complexity index is 765. The van der Waals surface area contributed by atoms with Crippen LogP contribution in [0.1, 0.15) is 60.8 Å². The maximum Gasteiger partial charge on any atom is 0.222 e. The van der Waals surface area contributed by atoms with Crippen molar-refractivity contribution in [2.75, 3.05) is 13.1 Å². The normalized spacial score (nSPS) is 18.5. The van der Waals surface area contributed by atoms with Crippen LogP contribution in [0.15, 0.2) is 12.4 Å². The number of aryl methyl sites for hydroxylation is 2. The van der Waals surface area contributed by atoms with Crippen LogP contribution in [0.25, 0.3) is 0 Å². The summed E-state index contributed by atoms with van der Waals surface area (Å²) in [6.45, 7) is 6.90. The van der Waals surface area contributed by atoms with Gasteiger partial charge >= 0.3 is 0 Å². The number of aromatic amines is 1. The molecule has 2 aromatic rings. The Labute approximate surface area is 155 Å². The molecular formula is C20H29N5O. The van der Waals surface area contributed by atoms with Crippen molar-refractivity contribution in [3.8, 4) is 0 Å². The van der Waals surface area contributed by atoms with Crippen molar-refractivity contribution in [1.29, 1.82) is 0 Å². The number of imidazole rings is 1. The molecule has 2 aliphatic rings. The van der Waals surface area contributed by atoms with Crippen molar-refractivity contribution in [3.63, 3.8) is 0 Å². The Morgan fingerprint density at radius 2 is 2.00 bits per heavy atom. The molecule has 140 valence electrons. The fraction of sp³-hybridized carbons (Fsp3) is 0.650. The highest BCUT2D eigenvalue weighted by Crippen LogP contribution is 2.33. The Hall–Kier alpha value is -2.11. The van der Waals surface area contributed by atoms with E-state index in [1.54, 1.807) is 0 Å². The third kappa shape index (κ3) is 3.69. The van der Waals surface area contributed by atoms with E-state index in [-0.39, 0.29) is 5.91 Å². The van der Waals surface area contributed by atoms with Crippen LogP contribution in [0.4, 0.5) is 0 Å². The quantitative estimate of drug-likeness (QED) is 0.866. The highest BCUT2D eigenvalue weighted by molar-refractivity contribution is 5.76. The van der Waals surface area contributed by atoms with Crippen LogP contribution in [-0.2, 0) is 17.8 Å². The minimum atomic E-state index is 0.254. The molecule has 0 aromatic carbocycles. The van der Waals surface area contributed by atoms with E-state index in [9.17, 15) is 4.79 Å². The maximum atomic E-state index is 12.6. The van der Waals surface area contributed by atoms with Crippen molar-refractivity contribution in [2.45, 2.75) is 64.8 Å². The molecule has 1 aliphatic carbocycles. The Morgan fingerprint density at radius 3 is 2.65 bits per heavy atom. The lowest BCUT2D eigenvalue weighted by atomic mass is 9.95. The minimum absolute atomic E-state index is 0.254. The third-order valence-electron chi connectivity index (χ3n) is 6.04. The molecule has 1 N–H and O–H groups in total. The number of piperidine rings is 1. The van der Waals surface area contributed by atoms with Crippen LogP contribution >= 0.6 is 0 Å². The maximum absolute atomic E-state index is 12.6. The molecule has 4 rings (SSSR count). The summed E-state index contributed by atoms with van der Waals surface area (Å²) < 4.78 is 2.35. The van der Waals surface area contributed by atoms with E-state index in [1.165, 1.54) is 24.2 Å². The fourth-order valence-electron chi connectivity index (χ4n) is 3.96. The standard InChI is InChI=1S/C20H29N5O/c1-14-15(2)22-23-18(14)5-6-19(26)24-10-7-17(8-11-24)20-21-9-12-25(20)13-16-3-4-16/h9,12,16-17H,3-8,10-11,13H2,1-2H3,(H,22,23). The van der Waals surface area contributed by atoms with E-state index in [0.717, 1.165) is 56.2 Å². The predicted octanol–water partition coefficient (Wildman–Crippen LogP) is 2.97. The van der Waals surface area contributed by atoms with E-state index >= 15 is 0 Å². The average molecular weight is 355 g/mol. The zero-order chi connectivity index (χ0) is 18.1. The summed E-state index contributed by atoms with van der Waals surface area (Å²) in [7, 11) is 0. The van der Waals surface area contributed by atoms with Crippen LogP contribution in [0.2, 0.25) is 0 Å². The van der Waals surface area contributed by atoms with Gasteiger partial charge in [0.15, 0.2) is 0 Å². The van der Waals surface area contributed by atoms with Crippen molar-refractivity contribution >= 4 is 5.91 Å². The number of carbonyl (C=O) groups is 1. The highest BCUT2D eigenvalue weighted by atomic mass is 16.2. The van der Waals surface area contributed by atoms with Gasteiger partial charge in [-0.15, -0.1) is 0 Å². The van der Waals surface area contributed by atoms with Gasteiger partial charge in [-0.05, 0) is 51.0 Å². The summed E-state index contributed by atoms with van der Waals surface area (Å²) in [6.07, 6.45) is 10.1. The number of nitrogens with one attached hydrogen (secondary N) is 1. The second-order valence-electron chi connectivity index (χ2n) is 7.96. The van der Waals surface area contributed by atoms with Crippen LogP contribution in [0.3, 0.4) is 0 Å². The van der Waals surface area contributed by atoms with E-state index in [2.05, 4.69) is 32.9 Å². The molecule has 1 amide bonds. The molecule has 26 heavy (non-hydrogen) atoms. The van der Waals surface area contributed by atoms with Gasteiger partial charge in [0, 0.05) is 56.5 Å². The van der Waals surface area contributed by atoms with Crippen molar-refractivity contribution in [1.82, 2.24) is 24.6 Å². The molecule has 6 nitrogen and oxygen atoms in total. The number of carbonyl (C=O) groups excluding carboxylic acids is 1. The lowest BCUT2D eigenvalue weighted by Crippen LogP contribution is -2.38. The first-order chi connectivity index (χ1) is 12.6. The van der Waals surface area contributed by atoms with Crippen molar-refractivity contribution in [3.05, 3.63) is 35.2 Å². The van der Waals surface area contributed by atoms with Gasteiger partial charge in [0.25, 0.3) is 0 Å². The molecule has 0 unspecified atom stereocenters. The summed E-state index contributed by atoms with van der Waals surface area (Å²) in [4.78, 5) is 19.2. The molecule has 2 fully saturated rings. The monoisotopic (exact) mass is 355 g/mol. The molecule has 6 heteroatoms. The molecular weight excluding hydrogens is 326 g/mol. The molecule has 3 heterocycles. The van der Waals surface area contributed by atoms with Gasteiger partial charge in [-0.1, -0.05) is 0 Å². The minimum Gasteiger partial charge on any atom is -0.343 e. The molecule has 0 radical (unpaired) electrons. The van der Waals surface area contributed by atoms with Crippen molar-refractivity contribution < 1.29 is 4.79 Å². The van der Waals surface area contributed by atoms with Crippen LogP contribution in [-0.4, -0.2) is 43.6 Å². The zero-order valence-electron chi connectivity index (χ0n) is 15.9. The second kappa shape index (κ2) is 7.25. The van der Waals surface area contributed by atoms with Gasteiger partial charge in [0.2, 0.25) is 5.91 Å². The summed E-state index contributed by atoms with van der Waals surface area (Å²) in [5, 5.41) is 7.31. The molecule has 1 saturated carbocycles. The SMILES string of the molecule is Cc1[nH]nc(CCC(=O)N2CCC(c3nccn3CC3CC3)CC2)c1C. The molecule has 0 spiro atoms. The van der Waals surface area contributed by atoms with Gasteiger partial charge in [-0.25, -0.2) is 4.98 Å². The summed E-state index contributed by atoms with van der Waals surface area (Å²) in [5.74, 6) is 2.83. The van der Waals surface area contributed by atoms with Gasteiger partial charge in [0.05, 0.1) is 5.69 Å². The first kappa shape index (κ1) is 17.3. The van der Waals surface area contributed by atoms with E-state index in [4.69, 9.17) is 0 Å². The van der Waals surface area contributed by atoms with E-state index in [1.807, 2.05) is 18.0 Å². The predicted molar refractivity (Wildman–Crippen MR) is 99.9 cm³/mol. The zero-order valence-corrected chi connectivity index (χ0v) is 15.9. The molecule has 0 atom stereocenters. The van der Waals surface area contributed by atoms with Gasteiger partial charge in [-0.2, -0.15) is 5.10 Å². The summed E-state index contributed by atoms with van der Waals surface area (Å²) >= 11 is 0. The van der Waals surface area contributed by atoms with Gasteiger partial charge in [0.1, 0.15) is 5.82 Å². The number of hydrogen-bond acceptors (Lipinski definition) is 3. The Kier molecular flexibility index (Phi) is 4.83. The lowest BCUT2D eigenvalue weighted by molar-refractivity contribution is -0.132. The molecule has 2 aromatic heterocycles. The summed E-state index contributed by atoms with van der Waals surface area (Å²) in [5.41, 5.74) is 3.29. The fourth-order valence-corrected chi connectivity index (χ4v) is 3.96. The lowest BCUT2D eigenvalue weighted by Gasteiger charge is -2.32. The van der Waals surface area contributed by atoms with Crippen LogP contribution in [0, 0.1) is 19.8 Å². The number of rotatable bonds is 6. The van der Waals surface area contributed by atoms with E-state index in [0.29, 0.717) is 12.3 Å². The Morgan fingerprint density at radius 1 is 1.23 bits per heavy atom. The topological polar surface area (TPSA) is 66.8 Å². The molecule has 0 bridgehead atoms. The highest BCUT2D eigenvalue weighted by Gasteiger charge is 2.28. The number of aromatic nitrogens is 4. The number of amides is 1. The van der Waals surface area contributed by atoms with Gasteiger partial charge < -0.3 is 9.47 Å². The first-order valence-electron chi connectivity index (χ1n) is 9.91. The van der Waals surface area contributed by atoms with Crippen LogP contribution in [0.5, 0.6) is 0 Å². The number of nitrogens with zero attached hydrogens (tertiary/aromatic N) is 4.